The number of unbranched alkanes of at least 4 members (excludes halogenated alkanes) is 1. The van der Waals surface area contributed by atoms with Crippen molar-refractivity contribution in [3.8, 4) is 22.6 Å². The van der Waals surface area contributed by atoms with Crippen LogP contribution in [0.15, 0.2) is 108 Å². The van der Waals surface area contributed by atoms with Gasteiger partial charge in [-0.15, -0.1) is 5.10 Å². The number of aromatic nitrogens is 3. The maximum atomic E-state index is 13.0. The largest absolute Gasteiger partial charge is 0.493 e. The fraction of sp³-hybridized carbons (Fsp3) is 0.310. The molecule has 264 valence electrons. The van der Waals surface area contributed by atoms with Crippen LogP contribution in [0, 0.1) is 5.92 Å². The van der Waals surface area contributed by atoms with Gasteiger partial charge >= 0.3 is 0 Å². The predicted molar refractivity (Wildman–Crippen MR) is 209 cm³/mol. The molecule has 6 aromatic rings. The highest BCUT2D eigenvalue weighted by Gasteiger charge is 2.20. The Morgan fingerprint density at radius 3 is 2.12 bits per heavy atom. The first-order valence-electron chi connectivity index (χ1n) is 17.8. The van der Waals surface area contributed by atoms with E-state index in [0.29, 0.717) is 37.7 Å². The van der Waals surface area contributed by atoms with Crippen LogP contribution in [0.5, 0.6) is 11.5 Å². The van der Waals surface area contributed by atoms with Crippen LogP contribution < -0.4 is 20.5 Å². The number of benzene rings is 5. The minimum Gasteiger partial charge on any atom is -0.493 e. The Balaban J connectivity index is 1.24. The van der Waals surface area contributed by atoms with Crippen molar-refractivity contribution in [3.05, 3.63) is 119 Å². The third-order valence-electron chi connectivity index (χ3n) is 9.00. The van der Waals surface area contributed by atoms with Crippen molar-refractivity contribution < 1.29 is 14.3 Å². The number of rotatable bonds is 17. The van der Waals surface area contributed by atoms with Crippen molar-refractivity contribution in [1.82, 2.24) is 20.3 Å². The van der Waals surface area contributed by atoms with Crippen LogP contribution in [-0.4, -0.2) is 40.1 Å². The zero-order valence-electron chi connectivity index (χ0n) is 29.4. The van der Waals surface area contributed by atoms with E-state index in [4.69, 9.17) is 15.2 Å². The number of carbonyl (C=O) groups excluding carboxylic acids is 1. The molecule has 0 saturated carbocycles. The Morgan fingerprint density at radius 2 is 1.47 bits per heavy atom. The summed E-state index contributed by atoms with van der Waals surface area (Å²) in [7, 11) is 0. The zero-order chi connectivity index (χ0) is 35.6. The van der Waals surface area contributed by atoms with Crippen molar-refractivity contribution in [1.29, 1.82) is 0 Å². The van der Waals surface area contributed by atoms with Gasteiger partial charge in [-0.05, 0) is 83.1 Å². The first-order chi connectivity index (χ1) is 24.9. The summed E-state index contributed by atoms with van der Waals surface area (Å²) < 4.78 is 15.9. The smallest absolute Gasteiger partial charge is 0.224 e. The van der Waals surface area contributed by atoms with Gasteiger partial charge in [0.2, 0.25) is 5.91 Å². The summed E-state index contributed by atoms with van der Waals surface area (Å²) in [4.78, 5) is 13.0. The third-order valence-corrected chi connectivity index (χ3v) is 9.53. The van der Waals surface area contributed by atoms with Crippen molar-refractivity contribution in [3.63, 3.8) is 0 Å². The molecule has 1 amide bonds. The third kappa shape index (κ3) is 9.54. The van der Waals surface area contributed by atoms with Gasteiger partial charge in [0, 0.05) is 21.6 Å². The molecular formula is C42H46BrN5O3. The number of carbonyl (C=O) groups is 1. The van der Waals surface area contributed by atoms with Gasteiger partial charge in [-0.2, -0.15) is 0 Å². The maximum absolute atomic E-state index is 13.0. The molecule has 0 radical (unpaired) electrons. The number of hydrogen-bond donors (Lipinski definition) is 2. The summed E-state index contributed by atoms with van der Waals surface area (Å²) in [6, 6.07) is 32.8. The zero-order valence-corrected chi connectivity index (χ0v) is 30.9. The van der Waals surface area contributed by atoms with E-state index in [-0.39, 0.29) is 18.6 Å². The Morgan fingerprint density at radius 1 is 0.824 bits per heavy atom. The maximum Gasteiger partial charge on any atom is 0.224 e. The van der Waals surface area contributed by atoms with E-state index in [2.05, 4.69) is 112 Å². The molecule has 3 N–H and O–H groups in total. The first kappa shape index (κ1) is 36.1. The van der Waals surface area contributed by atoms with E-state index in [0.717, 1.165) is 79.9 Å². The van der Waals surface area contributed by atoms with Crippen LogP contribution in [0.1, 0.15) is 50.8 Å². The molecule has 5 aromatic carbocycles. The number of nitrogens with zero attached hydrogens (tertiary/aromatic N) is 3. The van der Waals surface area contributed by atoms with E-state index < -0.39 is 0 Å². The van der Waals surface area contributed by atoms with Gasteiger partial charge in [0.1, 0.15) is 23.8 Å². The number of nitrogens with one attached hydrogen (secondary N) is 1. The lowest BCUT2D eigenvalue weighted by atomic mass is 9.92. The van der Waals surface area contributed by atoms with Crippen LogP contribution in [0.4, 0.5) is 0 Å². The molecule has 0 aliphatic heterocycles. The van der Waals surface area contributed by atoms with Gasteiger partial charge in [0.15, 0.2) is 0 Å². The normalized spacial score (nSPS) is 12.0. The predicted octanol–water partition coefficient (Wildman–Crippen LogP) is 8.87. The van der Waals surface area contributed by atoms with Gasteiger partial charge in [0.05, 0.1) is 25.8 Å². The second-order valence-corrected chi connectivity index (χ2v) is 14.3. The lowest BCUT2D eigenvalue weighted by Gasteiger charge is -2.20. The van der Waals surface area contributed by atoms with Crippen molar-refractivity contribution >= 4 is 43.4 Å². The molecule has 8 nitrogen and oxygen atoms in total. The average Bonchev–Trinajstić information content (AvgIpc) is 3.58. The molecular weight excluding hydrogens is 702 g/mol. The Hall–Kier alpha value is -4.73. The van der Waals surface area contributed by atoms with Crippen LogP contribution >= 0.6 is 15.9 Å². The summed E-state index contributed by atoms with van der Waals surface area (Å²) in [5.74, 6) is 2.09. The van der Waals surface area contributed by atoms with Crippen molar-refractivity contribution in [2.24, 2.45) is 11.7 Å². The monoisotopic (exact) mass is 747 g/mol. The van der Waals surface area contributed by atoms with Crippen LogP contribution in [-0.2, 0) is 24.4 Å². The standard InChI is InChI=1S/C42H46BrN5O3/c1-29(2)22-24-50-38-20-16-31-9-3-5-12-36(31)41(38)42-37-13-6-4-10-32(37)17-21-39(42)51-28-35-27-48(47-46-35)26-34(11-7-8-23-44)45-40(49)25-30-14-18-33(43)19-15-30/h3-6,9-10,12-21,27,29,34H,7-8,11,22-26,28,44H2,1-2H3,(H,45,49)/t34-/m1/s1. The number of amides is 1. The summed E-state index contributed by atoms with van der Waals surface area (Å²) in [5.41, 5.74) is 9.44. The average molecular weight is 749 g/mol. The fourth-order valence-electron chi connectivity index (χ4n) is 6.35. The van der Waals surface area contributed by atoms with Crippen LogP contribution in [0.2, 0.25) is 0 Å². The summed E-state index contributed by atoms with van der Waals surface area (Å²) >= 11 is 3.46. The minimum absolute atomic E-state index is 0.0245. The molecule has 0 aliphatic rings. The molecule has 1 atom stereocenters. The van der Waals surface area contributed by atoms with E-state index in [1.54, 1.807) is 4.68 Å². The lowest BCUT2D eigenvalue weighted by Crippen LogP contribution is -2.39. The van der Waals surface area contributed by atoms with Crippen molar-refractivity contribution in [2.45, 2.75) is 65.1 Å². The minimum atomic E-state index is -0.109. The molecule has 1 aromatic heterocycles. The Kier molecular flexibility index (Phi) is 12.4. The van der Waals surface area contributed by atoms with E-state index >= 15 is 0 Å². The van der Waals surface area contributed by atoms with Crippen LogP contribution in [0.25, 0.3) is 32.7 Å². The summed E-state index contributed by atoms with van der Waals surface area (Å²) in [6.45, 7) is 6.39. The number of fused-ring (bicyclic) bond motifs is 2. The lowest BCUT2D eigenvalue weighted by molar-refractivity contribution is -0.121. The van der Waals surface area contributed by atoms with E-state index in [1.807, 2.05) is 36.5 Å². The Labute approximate surface area is 308 Å². The fourth-order valence-corrected chi connectivity index (χ4v) is 6.61. The first-order valence-corrected chi connectivity index (χ1v) is 18.6. The second-order valence-electron chi connectivity index (χ2n) is 13.4. The quantitative estimate of drug-likeness (QED) is 0.0904. The molecule has 6 rings (SSSR count). The number of nitrogens with two attached hydrogens (primary N) is 1. The molecule has 0 saturated heterocycles. The molecule has 51 heavy (non-hydrogen) atoms. The van der Waals surface area contributed by atoms with Gasteiger partial charge in [0.25, 0.3) is 0 Å². The van der Waals surface area contributed by atoms with Gasteiger partial charge < -0.3 is 20.5 Å². The Bertz CT molecular complexity index is 2060. The molecule has 1 heterocycles. The van der Waals surface area contributed by atoms with Gasteiger partial charge in [-0.1, -0.05) is 114 Å². The molecule has 0 unspecified atom stereocenters. The molecule has 0 spiro atoms. The van der Waals surface area contributed by atoms with Gasteiger partial charge in [-0.25, -0.2) is 0 Å². The van der Waals surface area contributed by atoms with Crippen molar-refractivity contribution in [2.75, 3.05) is 13.2 Å². The number of halogens is 1. The highest BCUT2D eigenvalue weighted by Crippen LogP contribution is 2.45. The molecule has 9 heteroatoms. The SMILES string of the molecule is CC(C)CCOc1ccc2ccccc2c1-c1c(OCc2cn(C[C@@H](CCCCN)NC(=O)Cc3ccc(Br)cc3)nn2)ccc2ccccc12. The molecule has 0 fully saturated rings. The molecule has 0 bridgehead atoms. The van der Waals surface area contributed by atoms with E-state index in [1.165, 1.54) is 0 Å². The highest BCUT2D eigenvalue weighted by molar-refractivity contribution is 9.10. The number of ether oxygens (including phenoxy) is 2. The number of hydrogen-bond acceptors (Lipinski definition) is 6. The highest BCUT2D eigenvalue weighted by atomic mass is 79.9. The topological polar surface area (TPSA) is 104 Å². The second kappa shape index (κ2) is 17.5. The van der Waals surface area contributed by atoms with Crippen LogP contribution in [0.3, 0.4) is 0 Å². The van der Waals surface area contributed by atoms with Gasteiger partial charge in [-0.3, -0.25) is 9.48 Å². The van der Waals surface area contributed by atoms with E-state index in [9.17, 15) is 4.79 Å². The summed E-state index contributed by atoms with van der Waals surface area (Å²) in [6.07, 6.45) is 5.77. The summed E-state index contributed by atoms with van der Waals surface area (Å²) in [5, 5.41) is 16.5. The molecule has 0 aliphatic carbocycles.